The van der Waals surface area contributed by atoms with Gasteiger partial charge in [-0.05, 0) is 98.5 Å². The van der Waals surface area contributed by atoms with Crippen LogP contribution in [0.25, 0.3) is 27.8 Å². The Hall–Kier alpha value is -6.18. The number of rotatable bonds is 6. The van der Waals surface area contributed by atoms with Gasteiger partial charge in [0.2, 0.25) is 0 Å². The molecule has 4 aliphatic carbocycles. The number of anilines is 3. The monoisotopic (exact) mass is 693 g/mol. The number of hydrogen-bond acceptors (Lipinski definition) is 1. The molecule has 10 rings (SSSR count). The van der Waals surface area contributed by atoms with Gasteiger partial charge in [0.25, 0.3) is 0 Å². The maximum atomic E-state index is 3.97. The number of nitrogens with zero attached hydrogens (tertiary/aromatic N) is 1. The highest BCUT2D eigenvalue weighted by atomic mass is 15.1. The summed E-state index contributed by atoms with van der Waals surface area (Å²) >= 11 is 0. The van der Waals surface area contributed by atoms with Crippen molar-refractivity contribution in [3.05, 3.63) is 228 Å². The lowest BCUT2D eigenvalue weighted by Crippen LogP contribution is -2.33. The van der Waals surface area contributed by atoms with E-state index in [1.54, 1.807) is 0 Å². The van der Waals surface area contributed by atoms with Crippen LogP contribution in [0.2, 0.25) is 0 Å². The highest BCUT2D eigenvalue weighted by molar-refractivity contribution is 5.93. The Morgan fingerprint density at radius 3 is 1.96 bits per heavy atom. The first-order valence-corrected chi connectivity index (χ1v) is 19.3. The van der Waals surface area contributed by atoms with Gasteiger partial charge in [-0.3, -0.25) is 0 Å². The minimum Gasteiger partial charge on any atom is -0.310 e. The van der Waals surface area contributed by atoms with Crippen molar-refractivity contribution in [1.29, 1.82) is 0 Å². The Labute approximate surface area is 319 Å². The largest absolute Gasteiger partial charge is 0.310 e. The van der Waals surface area contributed by atoms with E-state index in [0.29, 0.717) is 5.92 Å². The fraction of sp³-hybridized carbons (Fsp3) is 0.132. The van der Waals surface area contributed by atoms with Crippen molar-refractivity contribution in [2.75, 3.05) is 4.90 Å². The fourth-order valence-corrected chi connectivity index (χ4v) is 10.4. The van der Waals surface area contributed by atoms with Crippen LogP contribution in [0, 0.1) is 5.92 Å². The van der Waals surface area contributed by atoms with Gasteiger partial charge < -0.3 is 4.90 Å². The molecule has 260 valence electrons. The Bertz CT molecular complexity index is 2640. The summed E-state index contributed by atoms with van der Waals surface area (Å²) in [5.74, 6) is 0.594. The molecule has 0 fully saturated rings. The maximum absolute atomic E-state index is 3.97. The molecule has 3 unspecified atom stereocenters. The van der Waals surface area contributed by atoms with Crippen molar-refractivity contribution in [3.63, 3.8) is 0 Å². The number of benzene rings is 6. The van der Waals surface area contributed by atoms with Crippen LogP contribution in [0.15, 0.2) is 189 Å². The first-order valence-electron chi connectivity index (χ1n) is 19.3. The topological polar surface area (TPSA) is 3.24 Å². The molecule has 0 saturated heterocycles. The van der Waals surface area contributed by atoms with Crippen molar-refractivity contribution < 1.29 is 0 Å². The zero-order valence-electron chi connectivity index (χ0n) is 31.1. The van der Waals surface area contributed by atoms with Gasteiger partial charge in [0, 0.05) is 34.2 Å². The molecule has 0 aliphatic heterocycles. The summed E-state index contributed by atoms with van der Waals surface area (Å²) in [6.07, 6.45) is 17.6. The Morgan fingerprint density at radius 2 is 1.20 bits per heavy atom. The predicted octanol–water partition coefficient (Wildman–Crippen LogP) is 13.8. The quantitative estimate of drug-likeness (QED) is 0.157. The lowest BCUT2D eigenvalue weighted by atomic mass is 9.65. The van der Waals surface area contributed by atoms with Crippen molar-refractivity contribution in [2.45, 2.75) is 37.5 Å². The summed E-state index contributed by atoms with van der Waals surface area (Å²) < 4.78 is 0. The summed E-state index contributed by atoms with van der Waals surface area (Å²) in [4.78, 5) is 2.51. The molecule has 1 nitrogen and oxygen atoms in total. The van der Waals surface area contributed by atoms with Crippen LogP contribution >= 0.6 is 0 Å². The Kier molecular flexibility index (Phi) is 7.33. The van der Waals surface area contributed by atoms with Gasteiger partial charge in [0.15, 0.2) is 0 Å². The molecule has 54 heavy (non-hydrogen) atoms. The summed E-state index contributed by atoms with van der Waals surface area (Å²) in [6.45, 7) is 10.8. The molecule has 1 spiro atoms. The van der Waals surface area contributed by atoms with Gasteiger partial charge in [0.1, 0.15) is 0 Å². The Morgan fingerprint density at radius 1 is 0.611 bits per heavy atom. The molecule has 0 aromatic heterocycles. The van der Waals surface area contributed by atoms with Gasteiger partial charge in [0.05, 0.1) is 11.1 Å². The van der Waals surface area contributed by atoms with Gasteiger partial charge in [-0.15, -0.1) is 0 Å². The summed E-state index contributed by atoms with van der Waals surface area (Å²) in [5.41, 5.74) is 19.1. The van der Waals surface area contributed by atoms with Crippen molar-refractivity contribution >= 4 is 22.6 Å². The van der Waals surface area contributed by atoms with E-state index in [1.807, 2.05) is 12.2 Å². The van der Waals surface area contributed by atoms with Crippen molar-refractivity contribution in [2.24, 2.45) is 5.92 Å². The van der Waals surface area contributed by atoms with Crippen LogP contribution in [0.3, 0.4) is 0 Å². The summed E-state index contributed by atoms with van der Waals surface area (Å²) in [7, 11) is 0. The number of hydrogen-bond donors (Lipinski definition) is 0. The molecule has 6 aromatic rings. The first-order chi connectivity index (χ1) is 26.5. The average molecular weight is 694 g/mol. The molecular weight excluding hydrogens is 651 g/mol. The van der Waals surface area contributed by atoms with E-state index < -0.39 is 0 Å². The zero-order chi connectivity index (χ0) is 36.6. The van der Waals surface area contributed by atoms with Gasteiger partial charge in [-0.2, -0.15) is 0 Å². The normalized spacial score (nSPS) is 20.7. The summed E-state index contributed by atoms with van der Waals surface area (Å²) in [5, 5.41) is 0. The lowest BCUT2D eigenvalue weighted by molar-refractivity contribution is 0.465. The number of allylic oxidation sites excluding steroid dienone is 9. The lowest BCUT2D eigenvalue weighted by Gasteiger charge is -2.37. The van der Waals surface area contributed by atoms with E-state index in [9.17, 15) is 0 Å². The molecule has 0 heterocycles. The highest BCUT2D eigenvalue weighted by Crippen LogP contribution is 2.65. The van der Waals surface area contributed by atoms with E-state index >= 15 is 0 Å². The average Bonchev–Trinajstić information content (AvgIpc) is 3.77. The van der Waals surface area contributed by atoms with Crippen LogP contribution < -0.4 is 4.90 Å². The minimum atomic E-state index is -0.307. The molecule has 1 heteroatoms. The third-order valence-electron chi connectivity index (χ3n) is 12.7. The SMILES string of the molecule is C=C/C=C\C(=C/C)c1ccccc1N(c1ccc2c(c1)C(C)(C)c1ccccc1-2)c1ccc2c(c1)C1(c3ccccc3-2)c2ccccc2C2C=CC=CC21. The maximum Gasteiger partial charge on any atom is 0.0539 e. The smallest absolute Gasteiger partial charge is 0.0539 e. The van der Waals surface area contributed by atoms with E-state index in [-0.39, 0.29) is 16.7 Å². The van der Waals surface area contributed by atoms with Crippen molar-refractivity contribution in [3.8, 4) is 22.3 Å². The molecule has 0 N–H and O–H groups in total. The molecule has 0 saturated carbocycles. The zero-order valence-corrected chi connectivity index (χ0v) is 31.1. The van der Waals surface area contributed by atoms with Crippen LogP contribution in [0.4, 0.5) is 17.1 Å². The van der Waals surface area contributed by atoms with Crippen LogP contribution in [-0.2, 0) is 10.8 Å². The second-order valence-corrected chi connectivity index (χ2v) is 15.6. The molecule has 0 radical (unpaired) electrons. The molecule has 6 aromatic carbocycles. The predicted molar refractivity (Wildman–Crippen MR) is 228 cm³/mol. The third kappa shape index (κ3) is 4.39. The van der Waals surface area contributed by atoms with E-state index in [1.165, 1.54) is 61.2 Å². The Balaban J connectivity index is 1.25. The highest BCUT2D eigenvalue weighted by Gasteiger charge is 2.57. The number of fused-ring (bicyclic) bond motifs is 13. The minimum absolute atomic E-state index is 0.124. The van der Waals surface area contributed by atoms with Gasteiger partial charge in [-0.1, -0.05) is 172 Å². The number of para-hydroxylation sites is 1. The standard InChI is InChI=1S/C53H43N/c1-5-7-18-35(6-2)38-19-12-17-28-51(38)54(36-29-31-43-39-20-8-13-24-45(39)52(3,4)49(43)33-36)37-30-32-44-42-23-11-16-27-48(42)53(50(44)34-37)46-25-14-9-21-40(46)41-22-10-15-26-47(41)53/h5-34,40,46H,1H2,2-4H3/b18-7-,35-6+. The first kappa shape index (κ1) is 32.5. The second-order valence-electron chi connectivity index (χ2n) is 15.6. The van der Waals surface area contributed by atoms with Crippen LogP contribution in [0.5, 0.6) is 0 Å². The third-order valence-corrected chi connectivity index (χ3v) is 12.7. The second kappa shape index (κ2) is 12.2. The molecule has 3 atom stereocenters. The molecular formula is C53H43N. The molecule has 4 aliphatic rings. The van der Waals surface area contributed by atoms with Crippen molar-refractivity contribution in [1.82, 2.24) is 0 Å². The van der Waals surface area contributed by atoms with E-state index in [2.05, 4.69) is 202 Å². The molecule has 0 bridgehead atoms. The van der Waals surface area contributed by atoms with Crippen LogP contribution in [-0.4, -0.2) is 0 Å². The molecule has 0 amide bonds. The van der Waals surface area contributed by atoms with Gasteiger partial charge >= 0.3 is 0 Å². The fourth-order valence-electron chi connectivity index (χ4n) is 10.4. The van der Waals surface area contributed by atoms with E-state index in [0.717, 1.165) is 22.6 Å². The van der Waals surface area contributed by atoms with E-state index in [4.69, 9.17) is 0 Å². The summed E-state index contributed by atoms with van der Waals surface area (Å²) in [6, 6.07) is 50.5. The van der Waals surface area contributed by atoms with Crippen LogP contribution in [0.1, 0.15) is 65.6 Å². The van der Waals surface area contributed by atoms with Gasteiger partial charge in [-0.25, -0.2) is 0 Å².